The molecule has 5 heteroatoms. The molecule has 0 spiro atoms. The number of fused-ring (bicyclic) bond motifs is 1. The van der Waals surface area contributed by atoms with E-state index in [1.54, 1.807) is 48.5 Å². The summed E-state index contributed by atoms with van der Waals surface area (Å²) in [4.78, 5) is 18.0. The lowest BCUT2D eigenvalue weighted by atomic mass is 10.0. The highest BCUT2D eigenvalue weighted by Gasteiger charge is 2.28. The third-order valence-corrected chi connectivity index (χ3v) is 7.31. The minimum Gasteiger partial charge on any atom is -0.289 e. The monoisotopic (exact) mass is 429 g/mol. The Balaban J connectivity index is 2.00. The van der Waals surface area contributed by atoms with Gasteiger partial charge in [-0.1, -0.05) is 60.5 Å². The lowest BCUT2D eigenvalue weighted by molar-refractivity contribution is 0.103. The molecule has 0 N–H and O–H groups in total. The Morgan fingerprint density at radius 1 is 0.871 bits per heavy atom. The summed E-state index contributed by atoms with van der Waals surface area (Å²) in [5.74, 6) is -0.357. The van der Waals surface area contributed by atoms with Gasteiger partial charge in [0.25, 0.3) is 0 Å². The molecule has 3 aromatic carbocycles. The van der Waals surface area contributed by atoms with Crippen LogP contribution in [0.15, 0.2) is 82.7 Å². The molecule has 1 aromatic heterocycles. The number of sulfone groups is 1. The summed E-state index contributed by atoms with van der Waals surface area (Å²) in [7, 11) is -3.96. The fourth-order valence-electron chi connectivity index (χ4n) is 3.62. The number of pyridine rings is 1. The summed E-state index contributed by atoms with van der Waals surface area (Å²) in [6.07, 6.45) is 2.24. The standard InChI is InChI=1S/C26H23NO3S/c1-4-19-8-10-20(11-9-19)25(28)23-16-27-24-14-7-18(3)15-22(24)26(23)31(29,30)21-12-5-17(2)6-13-21/h5-16H,4H2,1-3H3. The highest BCUT2D eigenvalue weighted by Crippen LogP contribution is 2.32. The zero-order valence-electron chi connectivity index (χ0n) is 17.7. The van der Waals surface area contributed by atoms with Crippen molar-refractivity contribution in [3.8, 4) is 0 Å². The van der Waals surface area contributed by atoms with Crippen LogP contribution < -0.4 is 0 Å². The van der Waals surface area contributed by atoms with E-state index in [4.69, 9.17) is 0 Å². The molecule has 0 fully saturated rings. The second-order valence-electron chi connectivity index (χ2n) is 7.72. The van der Waals surface area contributed by atoms with Crippen molar-refractivity contribution >= 4 is 26.5 Å². The quantitative estimate of drug-likeness (QED) is 0.394. The smallest absolute Gasteiger partial charge is 0.208 e. The Morgan fingerprint density at radius 2 is 1.52 bits per heavy atom. The summed E-state index contributed by atoms with van der Waals surface area (Å²) >= 11 is 0. The predicted molar refractivity (Wildman–Crippen MR) is 122 cm³/mol. The average molecular weight is 430 g/mol. The number of hydrogen-bond donors (Lipinski definition) is 0. The predicted octanol–water partition coefficient (Wildman–Crippen LogP) is 5.48. The Morgan fingerprint density at radius 3 is 2.16 bits per heavy atom. The maximum atomic E-state index is 13.7. The topological polar surface area (TPSA) is 64.1 Å². The SMILES string of the molecule is CCc1ccc(C(=O)c2cnc3ccc(C)cc3c2S(=O)(=O)c2ccc(C)cc2)cc1. The van der Waals surface area contributed by atoms with E-state index in [0.29, 0.717) is 16.5 Å². The summed E-state index contributed by atoms with van der Waals surface area (Å²) < 4.78 is 27.5. The van der Waals surface area contributed by atoms with E-state index in [0.717, 1.165) is 23.1 Å². The van der Waals surface area contributed by atoms with Crippen molar-refractivity contribution in [3.63, 3.8) is 0 Å². The highest BCUT2D eigenvalue weighted by molar-refractivity contribution is 7.91. The molecule has 0 aliphatic carbocycles. The Hall–Kier alpha value is -3.31. The number of aryl methyl sites for hydroxylation is 3. The summed E-state index contributed by atoms with van der Waals surface area (Å²) in [5.41, 5.74) is 4.02. The first-order chi connectivity index (χ1) is 14.8. The Kier molecular flexibility index (Phi) is 5.46. The number of nitrogens with zero attached hydrogens (tertiary/aromatic N) is 1. The largest absolute Gasteiger partial charge is 0.289 e. The first-order valence-electron chi connectivity index (χ1n) is 10.2. The number of benzene rings is 3. The molecule has 4 nitrogen and oxygen atoms in total. The molecule has 0 atom stereocenters. The van der Waals surface area contributed by atoms with Gasteiger partial charge in [-0.15, -0.1) is 0 Å². The second-order valence-corrected chi connectivity index (χ2v) is 9.60. The fourth-order valence-corrected chi connectivity index (χ4v) is 5.23. The van der Waals surface area contributed by atoms with Gasteiger partial charge in [-0.05, 0) is 50.1 Å². The maximum absolute atomic E-state index is 13.7. The number of carbonyl (C=O) groups excluding carboxylic acids is 1. The van der Waals surface area contributed by atoms with Gasteiger partial charge >= 0.3 is 0 Å². The minimum atomic E-state index is -3.96. The van der Waals surface area contributed by atoms with Crippen LogP contribution in [-0.2, 0) is 16.3 Å². The van der Waals surface area contributed by atoms with Gasteiger partial charge in [0.05, 0.1) is 20.9 Å². The van der Waals surface area contributed by atoms with Crippen molar-refractivity contribution in [2.75, 3.05) is 0 Å². The normalized spacial score (nSPS) is 11.6. The van der Waals surface area contributed by atoms with Gasteiger partial charge in [0.1, 0.15) is 0 Å². The molecule has 4 aromatic rings. The van der Waals surface area contributed by atoms with Crippen LogP contribution in [0.5, 0.6) is 0 Å². The van der Waals surface area contributed by atoms with Crippen molar-refractivity contribution in [1.82, 2.24) is 4.98 Å². The summed E-state index contributed by atoms with van der Waals surface area (Å²) in [5, 5.41) is 0.455. The van der Waals surface area contributed by atoms with Crippen molar-refractivity contribution in [3.05, 3.63) is 101 Å². The van der Waals surface area contributed by atoms with E-state index in [2.05, 4.69) is 4.98 Å². The second kappa shape index (κ2) is 8.08. The van der Waals surface area contributed by atoms with E-state index in [-0.39, 0.29) is 21.1 Å². The zero-order chi connectivity index (χ0) is 22.2. The van der Waals surface area contributed by atoms with Crippen LogP contribution in [0.1, 0.15) is 39.5 Å². The molecule has 0 unspecified atom stereocenters. The van der Waals surface area contributed by atoms with Crippen molar-refractivity contribution < 1.29 is 13.2 Å². The zero-order valence-corrected chi connectivity index (χ0v) is 18.5. The third kappa shape index (κ3) is 3.89. The number of ketones is 1. The van der Waals surface area contributed by atoms with E-state index in [1.807, 2.05) is 39.0 Å². The van der Waals surface area contributed by atoms with Crippen LogP contribution in [0.4, 0.5) is 0 Å². The van der Waals surface area contributed by atoms with E-state index in [1.165, 1.54) is 6.20 Å². The maximum Gasteiger partial charge on any atom is 0.208 e. The molecular weight excluding hydrogens is 406 g/mol. The molecular formula is C26H23NO3S. The molecule has 156 valence electrons. The van der Waals surface area contributed by atoms with Crippen LogP contribution >= 0.6 is 0 Å². The van der Waals surface area contributed by atoms with Crippen LogP contribution in [0.25, 0.3) is 10.9 Å². The van der Waals surface area contributed by atoms with Crippen LogP contribution in [0.2, 0.25) is 0 Å². The molecule has 4 rings (SSSR count). The molecule has 0 saturated heterocycles. The van der Waals surface area contributed by atoms with Crippen LogP contribution in [0, 0.1) is 13.8 Å². The molecule has 31 heavy (non-hydrogen) atoms. The van der Waals surface area contributed by atoms with Crippen molar-refractivity contribution in [1.29, 1.82) is 0 Å². The average Bonchev–Trinajstić information content (AvgIpc) is 2.78. The van der Waals surface area contributed by atoms with Gasteiger partial charge < -0.3 is 0 Å². The molecule has 0 saturated carbocycles. The molecule has 0 aliphatic heterocycles. The van der Waals surface area contributed by atoms with E-state index in [9.17, 15) is 13.2 Å². The van der Waals surface area contributed by atoms with E-state index < -0.39 is 9.84 Å². The van der Waals surface area contributed by atoms with Crippen LogP contribution in [0.3, 0.4) is 0 Å². The Labute approximate surface area is 182 Å². The van der Waals surface area contributed by atoms with Gasteiger partial charge in [-0.25, -0.2) is 8.42 Å². The third-order valence-electron chi connectivity index (χ3n) is 5.44. The number of rotatable bonds is 5. The fraction of sp³-hybridized carbons (Fsp3) is 0.154. The van der Waals surface area contributed by atoms with Gasteiger partial charge in [-0.3, -0.25) is 9.78 Å². The lowest BCUT2D eigenvalue weighted by Gasteiger charge is -2.14. The summed E-state index contributed by atoms with van der Waals surface area (Å²) in [6, 6.07) is 19.4. The lowest BCUT2D eigenvalue weighted by Crippen LogP contribution is -2.13. The number of carbonyl (C=O) groups is 1. The van der Waals surface area contributed by atoms with Gasteiger partial charge in [0.15, 0.2) is 5.78 Å². The van der Waals surface area contributed by atoms with Gasteiger partial charge in [0, 0.05) is 17.1 Å². The first-order valence-corrected chi connectivity index (χ1v) is 11.6. The molecule has 0 bridgehead atoms. The van der Waals surface area contributed by atoms with Crippen molar-refractivity contribution in [2.24, 2.45) is 0 Å². The molecule has 0 amide bonds. The Bertz CT molecular complexity index is 1390. The van der Waals surface area contributed by atoms with Crippen LogP contribution in [-0.4, -0.2) is 19.2 Å². The molecule has 0 aliphatic rings. The number of aromatic nitrogens is 1. The summed E-state index contributed by atoms with van der Waals surface area (Å²) in [6.45, 7) is 5.83. The van der Waals surface area contributed by atoms with Crippen molar-refractivity contribution in [2.45, 2.75) is 37.0 Å². The molecule has 0 radical (unpaired) electrons. The van der Waals surface area contributed by atoms with Gasteiger partial charge in [0.2, 0.25) is 9.84 Å². The minimum absolute atomic E-state index is 0.00891. The first kappa shape index (κ1) is 20.9. The highest BCUT2D eigenvalue weighted by atomic mass is 32.2. The van der Waals surface area contributed by atoms with E-state index >= 15 is 0 Å². The molecule has 1 heterocycles. The number of hydrogen-bond acceptors (Lipinski definition) is 4. The van der Waals surface area contributed by atoms with Gasteiger partial charge in [-0.2, -0.15) is 0 Å².